The average molecular weight is 289 g/mol. The fourth-order valence-corrected chi connectivity index (χ4v) is 1.50. The lowest BCUT2D eigenvalue weighted by molar-refractivity contribution is -0.117. The summed E-state index contributed by atoms with van der Waals surface area (Å²) in [6.45, 7) is 12.0. The van der Waals surface area contributed by atoms with Crippen LogP contribution in [0.15, 0.2) is 24.3 Å². The first kappa shape index (κ1) is 16.5. The molecule has 0 fully saturated rings. The zero-order valence-corrected chi connectivity index (χ0v) is 12.6. The second kappa shape index (κ2) is 6.75. The second-order valence-electron chi connectivity index (χ2n) is 5.44. The summed E-state index contributed by atoms with van der Waals surface area (Å²) in [4.78, 5) is 28.2. The first-order chi connectivity index (χ1) is 9.73. The van der Waals surface area contributed by atoms with Gasteiger partial charge >= 0.3 is 6.09 Å². The van der Waals surface area contributed by atoms with Gasteiger partial charge in [-0.1, -0.05) is 12.1 Å². The third-order valence-corrected chi connectivity index (χ3v) is 2.50. The van der Waals surface area contributed by atoms with Crippen LogP contribution in [0.1, 0.15) is 20.8 Å². The van der Waals surface area contributed by atoms with Crippen molar-refractivity contribution in [3.63, 3.8) is 0 Å². The molecule has 6 heteroatoms. The summed E-state index contributed by atoms with van der Waals surface area (Å²) in [6, 6.07) is 6.69. The van der Waals surface area contributed by atoms with Gasteiger partial charge < -0.3 is 15.0 Å². The summed E-state index contributed by atoms with van der Waals surface area (Å²) < 4.78 is 5.05. The highest BCUT2D eigenvalue weighted by Gasteiger charge is 2.18. The zero-order valence-electron chi connectivity index (χ0n) is 12.6. The standard InChI is InChI=1S/C15H19N3O3/c1-15(2,3)21-14(20)17-10-13(19)18(5)12-8-6-7-11(9-12)16-4/h6-9H,10H2,1-3,5H3,(H,17,20). The minimum absolute atomic E-state index is 0.173. The number of likely N-dealkylation sites (N-methyl/N-ethyl adjacent to an activating group) is 1. The van der Waals surface area contributed by atoms with Crippen LogP contribution in [0.4, 0.5) is 16.2 Å². The van der Waals surface area contributed by atoms with Crippen LogP contribution < -0.4 is 10.2 Å². The molecule has 1 aromatic rings. The summed E-state index contributed by atoms with van der Waals surface area (Å²) in [6.07, 6.45) is -0.640. The van der Waals surface area contributed by atoms with Crippen LogP contribution in [0, 0.1) is 6.57 Å². The van der Waals surface area contributed by atoms with Gasteiger partial charge in [0.05, 0.1) is 6.57 Å². The van der Waals surface area contributed by atoms with Gasteiger partial charge in [-0.25, -0.2) is 9.64 Å². The molecule has 1 aromatic carbocycles. The van der Waals surface area contributed by atoms with Crippen molar-refractivity contribution in [2.45, 2.75) is 26.4 Å². The highest BCUT2D eigenvalue weighted by molar-refractivity contribution is 5.96. The van der Waals surface area contributed by atoms with E-state index in [1.165, 1.54) is 4.90 Å². The molecule has 21 heavy (non-hydrogen) atoms. The van der Waals surface area contributed by atoms with E-state index in [4.69, 9.17) is 11.3 Å². The Morgan fingerprint density at radius 2 is 2.05 bits per heavy atom. The van der Waals surface area contributed by atoms with E-state index in [1.807, 2.05) is 0 Å². The lowest BCUT2D eigenvalue weighted by Gasteiger charge is -2.21. The normalized spacial score (nSPS) is 10.4. The molecule has 0 radical (unpaired) electrons. The fourth-order valence-electron chi connectivity index (χ4n) is 1.50. The largest absolute Gasteiger partial charge is 0.444 e. The molecule has 0 unspecified atom stereocenters. The van der Waals surface area contributed by atoms with Gasteiger partial charge in [-0.2, -0.15) is 0 Å². The number of hydrogen-bond donors (Lipinski definition) is 1. The molecule has 0 aliphatic rings. The lowest BCUT2D eigenvalue weighted by Crippen LogP contribution is -2.40. The molecule has 0 aliphatic heterocycles. The van der Waals surface area contributed by atoms with Gasteiger partial charge in [-0.3, -0.25) is 4.79 Å². The number of hydrogen-bond acceptors (Lipinski definition) is 3. The van der Waals surface area contributed by atoms with Gasteiger partial charge in [0.1, 0.15) is 12.1 Å². The predicted octanol–water partition coefficient (Wildman–Crippen LogP) is 2.72. The molecule has 0 saturated heterocycles. The highest BCUT2D eigenvalue weighted by Crippen LogP contribution is 2.20. The Morgan fingerprint density at radius 1 is 1.38 bits per heavy atom. The van der Waals surface area contributed by atoms with Crippen molar-refractivity contribution in [1.82, 2.24) is 5.32 Å². The molecule has 6 nitrogen and oxygen atoms in total. The number of ether oxygens (including phenoxy) is 1. The second-order valence-corrected chi connectivity index (χ2v) is 5.44. The predicted molar refractivity (Wildman–Crippen MR) is 80.4 cm³/mol. The van der Waals surface area contributed by atoms with E-state index < -0.39 is 11.7 Å². The van der Waals surface area contributed by atoms with Crippen molar-refractivity contribution in [1.29, 1.82) is 0 Å². The van der Waals surface area contributed by atoms with E-state index in [0.717, 1.165) is 0 Å². The van der Waals surface area contributed by atoms with Gasteiger partial charge in [0.25, 0.3) is 0 Å². The molecule has 0 saturated carbocycles. The molecule has 112 valence electrons. The number of anilines is 1. The Hall–Kier alpha value is -2.55. The highest BCUT2D eigenvalue weighted by atomic mass is 16.6. The molecular formula is C15H19N3O3. The third kappa shape index (κ3) is 5.53. The van der Waals surface area contributed by atoms with E-state index >= 15 is 0 Å². The van der Waals surface area contributed by atoms with Gasteiger partial charge in [0.2, 0.25) is 5.91 Å². The first-order valence-corrected chi connectivity index (χ1v) is 6.44. The Morgan fingerprint density at radius 3 is 2.62 bits per heavy atom. The number of benzene rings is 1. The first-order valence-electron chi connectivity index (χ1n) is 6.44. The third-order valence-electron chi connectivity index (χ3n) is 2.50. The van der Waals surface area contributed by atoms with Crippen LogP contribution >= 0.6 is 0 Å². The molecule has 0 heterocycles. The van der Waals surface area contributed by atoms with Gasteiger partial charge in [-0.15, -0.1) is 0 Å². The summed E-state index contributed by atoms with van der Waals surface area (Å²) in [5.74, 6) is -0.303. The number of nitrogens with one attached hydrogen (secondary N) is 1. The molecule has 0 aliphatic carbocycles. The number of carbonyl (C=O) groups is 2. The average Bonchev–Trinajstić information content (AvgIpc) is 2.42. The van der Waals surface area contributed by atoms with Crippen LogP contribution in [-0.2, 0) is 9.53 Å². The van der Waals surface area contributed by atoms with Crippen molar-refractivity contribution in [2.75, 3.05) is 18.5 Å². The number of carbonyl (C=O) groups excluding carboxylic acids is 2. The van der Waals surface area contributed by atoms with Crippen LogP contribution in [0.3, 0.4) is 0 Å². The summed E-state index contributed by atoms with van der Waals surface area (Å²) in [5.41, 5.74) is 0.440. The van der Waals surface area contributed by atoms with Gasteiger partial charge in [-0.05, 0) is 32.9 Å². The maximum absolute atomic E-state index is 12.0. The van der Waals surface area contributed by atoms with Crippen LogP contribution in [0.25, 0.3) is 4.85 Å². The minimum atomic E-state index is -0.640. The van der Waals surface area contributed by atoms with E-state index in [-0.39, 0.29) is 12.5 Å². The van der Waals surface area contributed by atoms with Gasteiger partial charge in [0.15, 0.2) is 5.69 Å². The topological polar surface area (TPSA) is 63.0 Å². The lowest BCUT2D eigenvalue weighted by atomic mass is 10.2. The number of amides is 2. The molecule has 0 bridgehead atoms. The number of alkyl carbamates (subject to hydrolysis) is 1. The molecule has 2 amide bonds. The molecule has 0 spiro atoms. The molecule has 1 rings (SSSR count). The summed E-state index contributed by atoms with van der Waals surface area (Å²) in [7, 11) is 1.59. The SMILES string of the molecule is [C-]#[N+]c1cccc(N(C)C(=O)CNC(=O)OC(C)(C)C)c1. The van der Waals surface area contributed by atoms with Crippen molar-refractivity contribution in [2.24, 2.45) is 0 Å². The van der Waals surface area contributed by atoms with E-state index in [0.29, 0.717) is 11.4 Å². The zero-order chi connectivity index (χ0) is 16.0. The van der Waals surface area contributed by atoms with E-state index in [1.54, 1.807) is 52.1 Å². The summed E-state index contributed by atoms with van der Waals surface area (Å²) >= 11 is 0. The van der Waals surface area contributed by atoms with Crippen molar-refractivity contribution in [3.05, 3.63) is 35.7 Å². The monoisotopic (exact) mass is 289 g/mol. The maximum Gasteiger partial charge on any atom is 0.408 e. The van der Waals surface area contributed by atoms with Crippen LogP contribution in [0.5, 0.6) is 0 Å². The van der Waals surface area contributed by atoms with Crippen molar-refractivity contribution >= 4 is 23.4 Å². The van der Waals surface area contributed by atoms with E-state index in [9.17, 15) is 9.59 Å². The maximum atomic E-state index is 12.0. The fraction of sp³-hybridized carbons (Fsp3) is 0.400. The van der Waals surface area contributed by atoms with Crippen molar-refractivity contribution < 1.29 is 14.3 Å². The van der Waals surface area contributed by atoms with Gasteiger partial charge in [0, 0.05) is 12.7 Å². The number of nitrogens with zero attached hydrogens (tertiary/aromatic N) is 2. The van der Waals surface area contributed by atoms with Crippen molar-refractivity contribution in [3.8, 4) is 0 Å². The molecular weight excluding hydrogens is 270 g/mol. The van der Waals surface area contributed by atoms with Crippen LogP contribution in [0.2, 0.25) is 0 Å². The molecule has 0 atom stereocenters. The van der Waals surface area contributed by atoms with Crippen LogP contribution in [-0.4, -0.2) is 31.2 Å². The van der Waals surface area contributed by atoms with E-state index in [2.05, 4.69) is 10.2 Å². The Balaban J connectivity index is 2.59. The smallest absolute Gasteiger partial charge is 0.408 e. The minimum Gasteiger partial charge on any atom is -0.444 e. The molecule has 0 aromatic heterocycles. The Bertz CT molecular complexity index is 570. The Labute approximate surface area is 124 Å². The Kier molecular flexibility index (Phi) is 5.30. The number of rotatable bonds is 3. The summed E-state index contributed by atoms with van der Waals surface area (Å²) in [5, 5.41) is 2.41. The molecule has 1 N–H and O–H groups in total. The quantitative estimate of drug-likeness (QED) is 0.870.